The van der Waals surface area contributed by atoms with Crippen molar-refractivity contribution < 1.29 is 14.3 Å². The van der Waals surface area contributed by atoms with Crippen molar-refractivity contribution in [3.8, 4) is 5.75 Å². The summed E-state index contributed by atoms with van der Waals surface area (Å²) in [5, 5.41) is 2.93. The highest BCUT2D eigenvalue weighted by Crippen LogP contribution is 2.27. The van der Waals surface area contributed by atoms with E-state index in [1.165, 1.54) is 0 Å². The summed E-state index contributed by atoms with van der Waals surface area (Å²) in [6.07, 6.45) is 2.02. The molecule has 0 unspecified atom stereocenters. The van der Waals surface area contributed by atoms with E-state index in [0.29, 0.717) is 19.5 Å². The monoisotopic (exact) mass is 382 g/mol. The standard InChI is InChI=1S/C23H30N2O3/c1-5-19-8-7-9-20(6-2)23(19)25(17(3)26)15-14-24-22(27)16-18-10-12-21(28-4)13-11-18/h7-13H,5-6,14-16H2,1-4H3,(H,24,27). The topological polar surface area (TPSA) is 58.6 Å². The van der Waals surface area contributed by atoms with Crippen LogP contribution in [0.2, 0.25) is 0 Å². The average Bonchev–Trinajstić information content (AvgIpc) is 2.71. The number of carbonyl (C=O) groups is 2. The number of benzene rings is 2. The van der Waals surface area contributed by atoms with Crippen LogP contribution in [0.1, 0.15) is 37.5 Å². The number of carbonyl (C=O) groups excluding carboxylic acids is 2. The van der Waals surface area contributed by atoms with Gasteiger partial charge in [0.25, 0.3) is 0 Å². The molecule has 2 aromatic carbocycles. The molecule has 2 amide bonds. The molecule has 0 spiro atoms. The second-order valence-electron chi connectivity index (χ2n) is 6.68. The third kappa shape index (κ3) is 5.59. The van der Waals surface area contributed by atoms with E-state index in [-0.39, 0.29) is 11.8 Å². The van der Waals surface area contributed by atoms with E-state index in [0.717, 1.165) is 41.0 Å². The molecule has 0 saturated carbocycles. The summed E-state index contributed by atoms with van der Waals surface area (Å²) >= 11 is 0. The van der Waals surface area contributed by atoms with Gasteiger partial charge in [0.05, 0.1) is 19.2 Å². The second-order valence-corrected chi connectivity index (χ2v) is 6.68. The molecule has 5 heteroatoms. The van der Waals surface area contributed by atoms with Crippen LogP contribution < -0.4 is 15.0 Å². The summed E-state index contributed by atoms with van der Waals surface area (Å²) in [7, 11) is 1.61. The zero-order valence-corrected chi connectivity index (χ0v) is 17.2. The van der Waals surface area contributed by atoms with Gasteiger partial charge < -0.3 is 15.0 Å². The van der Waals surface area contributed by atoms with Gasteiger partial charge in [0.1, 0.15) is 5.75 Å². The van der Waals surface area contributed by atoms with Gasteiger partial charge >= 0.3 is 0 Å². The Kier molecular flexibility index (Phi) is 8.05. The zero-order valence-electron chi connectivity index (χ0n) is 17.2. The number of aryl methyl sites for hydroxylation is 2. The average molecular weight is 383 g/mol. The van der Waals surface area contributed by atoms with E-state index in [1.807, 2.05) is 30.3 Å². The van der Waals surface area contributed by atoms with E-state index >= 15 is 0 Å². The highest BCUT2D eigenvalue weighted by Gasteiger charge is 2.18. The maximum absolute atomic E-state index is 12.3. The summed E-state index contributed by atoms with van der Waals surface area (Å²) in [6, 6.07) is 13.6. The molecule has 0 atom stereocenters. The van der Waals surface area contributed by atoms with Gasteiger partial charge in [-0.2, -0.15) is 0 Å². The van der Waals surface area contributed by atoms with Gasteiger partial charge in [0, 0.05) is 20.0 Å². The predicted octanol–water partition coefficient (Wildman–Crippen LogP) is 3.53. The minimum atomic E-state index is -0.0619. The number of hydrogen-bond acceptors (Lipinski definition) is 3. The fraction of sp³-hybridized carbons (Fsp3) is 0.391. The fourth-order valence-electron chi connectivity index (χ4n) is 3.29. The van der Waals surface area contributed by atoms with Gasteiger partial charge in [-0.1, -0.05) is 44.2 Å². The first-order valence-electron chi connectivity index (χ1n) is 9.78. The van der Waals surface area contributed by atoms with Crippen LogP contribution in [-0.4, -0.2) is 32.0 Å². The SMILES string of the molecule is CCc1cccc(CC)c1N(CCNC(=O)Cc1ccc(OC)cc1)C(C)=O. The molecule has 0 aliphatic rings. The van der Waals surface area contributed by atoms with E-state index in [9.17, 15) is 9.59 Å². The summed E-state index contributed by atoms with van der Waals surface area (Å²) in [6.45, 7) is 6.62. The summed E-state index contributed by atoms with van der Waals surface area (Å²) in [5.41, 5.74) is 4.22. The van der Waals surface area contributed by atoms with Gasteiger partial charge in [0.2, 0.25) is 11.8 Å². The van der Waals surface area contributed by atoms with Crippen molar-refractivity contribution >= 4 is 17.5 Å². The molecule has 0 fully saturated rings. The fourth-order valence-corrected chi connectivity index (χ4v) is 3.29. The van der Waals surface area contributed by atoms with Crippen molar-refractivity contribution in [2.45, 2.75) is 40.0 Å². The largest absolute Gasteiger partial charge is 0.497 e. The second kappa shape index (κ2) is 10.5. The molecule has 150 valence electrons. The molecular weight excluding hydrogens is 352 g/mol. The normalized spacial score (nSPS) is 10.4. The molecule has 0 aliphatic heterocycles. The third-order valence-electron chi connectivity index (χ3n) is 4.80. The third-order valence-corrected chi connectivity index (χ3v) is 4.80. The summed E-state index contributed by atoms with van der Waals surface area (Å²) in [5.74, 6) is 0.690. The lowest BCUT2D eigenvalue weighted by Gasteiger charge is -2.26. The quantitative estimate of drug-likeness (QED) is 0.722. The molecule has 0 radical (unpaired) electrons. The molecule has 2 aromatic rings. The smallest absolute Gasteiger partial charge is 0.224 e. The number of anilines is 1. The minimum Gasteiger partial charge on any atom is -0.497 e. The van der Waals surface area contributed by atoms with Crippen molar-refractivity contribution in [1.82, 2.24) is 5.32 Å². The molecule has 0 bridgehead atoms. The molecule has 0 aromatic heterocycles. The van der Waals surface area contributed by atoms with Gasteiger partial charge in [0.15, 0.2) is 0 Å². The highest BCUT2D eigenvalue weighted by molar-refractivity contribution is 5.93. The number of nitrogens with one attached hydrogen (secondary N) is 1. The molecule has 1 N–H and O–H groups in total. The minimum absolute atomic E-state index is 0.0139. The Hall–Kier alpha value is -2.82. The van der Waals surface area contributed by atoms with Crippen LogP contribution in [-0.2, 0) is 28.9 Å². The molecule has 2 rings (SSSR count). The molecule has 0 saturated heterocycles. The van der Waals surface area contributed by atoms with E-state index in [2.05, 4.69) is 31.3 Å². The summed E-state index contributed by atoms with van der Waals surface area (Å²) in [4.78, 5) is 26.3. The first-order chi connectivity index (χ1) is 13.5. The van der Waals surface area contributed by atoms with Crippen LogP contribution in [0.5, 0.6) is 5.75 Å². The van der Waals surface area contributed by atoms with Crippen molar-refractivity contribution in [1.29, 1.82) is 0 Å². The van der Waals surface area contributed by atoms with Crippen LogP contribution in [0.15, 0.2) is 42.5 Å². The number of amides is 2. The van der Waals surface area contributed by atoms with Crippen LogP contribution >= 0.6 is 0 Å². The van der Waals surface area contributed by atoms with Crippen LogP contribution in [0, 0.1) is 0 Å². The molecule has 5 nitrogen and oxygen atoms in total. The van der Waals surface area contributed by atoms with Crippen molar-refractivity contribution in [2.24, 2.45) is 0 Å². The van der Waals surface area contributed by atoms with Crippen molar-refractivity contribution in [2.75, 3.05) is 25.1 Å². The molecule has 0 aliphatic carbocycles. The number of hydrogen-bond donors (Lipinski definition) is 1. The number of rotatable bonds is 9. The lowest BCUT2D eigenvalue weighted by Crippen LogP contribution is -2.39. The number of para-hydroxylation sites is 1. The number of methoxy groups -OCH3 is 1. The first kappa shape index (κ1) is 21.5. The molecular formula is C23H30N2O3. The van der Waals surface area contributed by atoms with Gasteiger partial charge in [-0.15, -0.1) is 0 Å². The maximum atomic E-state index is 12.3. The van der Waals surface area contributed by atoms with Crippen molar-refractivity contribution in [3.05, 3.63) is 59.2 Å². The molecule has 0 heterocycles. The molecule has 28 heavy (non-hydrogen) atoms. The van der Waals surface area contributed by atoms with E-state index < -0.39 is 0 Å². The summed E-state index contributed by atoms with van der Waals surface area (Å²) < 4.78 is 5.13. The van der Waals surface area contributed by atoms with Gasteiger partial charge in [-0.05, 0) is 41.7 Å². The van der Waals surface area contributed by atoms with Gasteiger partial charge in [-0.3, -0.25) is 9.59 Å². The van der Waals surface area contributed by atoms with E-state index in [4.69, 9.17) is 4.74 Å². The number of nitrogens with zero attached hydrogens (tertiary/aromatic N) is 1. The highest BCUT2D eigenvalue weighted by atomic mass is 16.5. The van der Waals surface area contributed by atoms with Gasteiger partial charge in [-0.25, -0.2) is 0 Å². The van der Waals surface area contributed by atoms with E-state index in [1.54, 1.807) is 18.9 Å². The Morgan fingerprint density at radius 2 is 1.61 bits per heavy atom. The Labute approximate surface area is 167 Å². The Balaban J connectivity index is 2.00. The first-order valence-corrected chi connectivity index (χ1v) is 9.78. The van der Waals surface area contributed by atoms with Crippen LogP contribution in [0.25, 0.3) is 0 Å². The Morgan fingerprint density at radius 3 is 2.11 bits per heavy atom. The lowest BCUT2D eigenvalue weighted by atomic mass is 10.0. The lowest BCUT2D eigenvalue weighted by molar-refractivity contribution is -0.121. The Bertz CT molecular complexity index is 778. The zero-order chi connectivity index (χ0) is 20.5. The van der Waals surface area contributed by atoms with Crippen LogP contribution in [0.3, 0.4) is 0 Å². The number of ether oxygens (including phenoxy) is 1. The van der Waals surface area contributed by atoms with Crippen LogP contribution in [0.4, 0.5) is 5.69 Å². The Morgan fingerprint density at radius 1 is 1.00 bits per heavy atom. The predicted molar refractivity (Wildman–Crippen MR) is 113 cm³/mol. The maximum Gasteiger partial charge on any atom is 0.224 e. The van der Waals surface area contributed by atoms with Crippen molar-refractivity contribution in [3.63, 3.8) is 0 Å².